The number of carbonyl (C=O) groups is 1. The minimum absolute atomic E-state index is 0.154. The zero-order chi connectivity index (χ0) is 12.1. The van der Waals surface area contributed by atoms with Crippen LogP contribution in [0.3, 0.4) is 0 Å². The zero-order valence-electron chi connectivity index (χ0n) is 8.90. The molecule has 0 bridgehead atoms. The lowest BCUT2D eigenvalue weighted by atomic mass is 10.1. The lowest BCUT2D eigenvalue weighted by Crippen LogP contribution is -2.41. The molecule has 0 saturated heterocycles. The van der Waals surface area contributed by atoms with Crippen molar-refractivity contribution in [3.8, 4) is 0 Å². The van der Waals surface area contributed by atoms with Gasteiger partial charge in [-0.2, -0.15) is 13.2 Å². The normalized spacial score (nSPS) is 15.9. The monoisotopic (exact) mass is 226 g/mol. The summed E-state index contributed by atoms with van der Waals surface area (Å²) in [6.45, 7) is 3.25. The topological polar surface area (TPSA) is 55.1 Å². The van der Waals surface area contributed by atoms with Crippen LogP contribution in [0.25, 0.3) is 0 Å². The van der Waals surface area contributed by atoms with E-state index in [-0.39, 0.29) is 6.54 Å². The summed E-state index contributed by atoms with van der Waals surface area (Å²) in [5.41, 5.74) is 5.30. The van der Waals surface area contributed by atoms with Gasteiger partial charge in [-0.15, -0.1) is 0 Å². The van der Waals surface area contributed by atoms with Crippen molar-refractivity contribution in [3.05, 3.63) is 0 Å². The number of alkyl halides is 3. The standard InChI is InChI=1S/C9H17F3N2O/c1-3-7(5-13)8(15)14-6(2)4-9(10,11)12/h6-7H,3-5,13H2,1-2H3,(H,14,15). The number of halogens is 3. The molecule has 0 radical (unpaired) electrons. The molecule has 0 aromatic carbocycles. The van der Waals surface area contributed by atoms with Crippen LogP contribution in [0, 0.1) is 5.92 Å². The van der Waals surface area contributed by atoms with Crippen molar-refractivity contribution in [2.24, 2.45) is 11.7 Å². The fourth-order valence-corrected chi connectivity index (χ4v) is 1.22. The number of hydrogen-bond acceptors (Lipinski definition) is 2. The average molecular weight is 226 g/mol. The van der Waals surface area contributed by atoms with Crippen molar-refractivity contribution >= 4 is 5.91 Å². The maximum Gasteiger partial charge on any atom is 0.391 e. The van der Waals surface area contributed by atoms with E-state index in [0.29, 0.717) is 6.42 Å². The van der Waals surface area contributed by atoms with E-state index in [2.05, 4.69) is 5.32 Å². The molecule has 6 heteroatoms. The predicted octanol–water partition coefficient (Wildman–Crippen LogP) is 1.43. The molecule has 15 heavy (non-hydrogen) atoms. The summed E-state index contributed by atoms with van der Waals surface area (Å²) in [5, 5.41) is 2.30. The van der Waals surface area contributed by atoms with Gasteiger partial charge in [-0.25, -0.2) is 0 Å². The van der Waals surface area contributed by atoms with Crippen LogP contribution in [0.15, 0.2) is 0 Å². The summed E-state index contributed by atoms with van der Waals surface area (Å²) in [7, 11) is 0. The molecule has 0 spiro atoms. The number of carbonyl (C=O) groups excluding carboxylic acids is 1. The molecule has 0 aliphatic carbocycles. The van der Waals surface area contributed by atoms with E-state index in [4.69, 9.17) is 5.73 Å². The first-order chi connectivity index (χ1) is 6.80. The third-order valence-electron chi connectivity index (χ3n) is 2.07. The molecule has 0 aromatic rings. The number of nitrogens with two attached hydrogens (primary N) is 1. The first kappa shape index (κ1) is 14.2. The highest BCUT2D eigenvalue weighted by atomic mass is 19.4. The van der Waals surface area contributed by atoms with Gasteiger partial charge in [0, 0.05) is 18.5 Å². The Balaban J connectivity index is 4.06. The van der Waals surface area contributed by atoms with Crippen LogP contribution in [0.5, 0.6) is 0 Å². The van der Waals surface area contributed by atoms with Gasteiger partial charge in [-0.1, -0.05) is 6.92 Å². The largest absolute Gasteiger partial charge is 0.391 e. The molecule has 0 heterocycles. The fraction of sp³-hybridized carbons (Fsp3) is 0.889. The maximum atomic E-state index is 11.9. The van der Waals surface area contributed by atoms with Crippen LogP contribution in [0.4, 0.5) is 13.2 Å². The minimum atomic E-state index is -4.25. The molecular weight excluding hydrogens is 209 g/mol. The molecule has 0 fully saturated rings. The van der Waals surface area contributed by atoms with Crippen molar-refractivity contribution in [1.29, 1.82) is 0 Å². The molecule has 3 N–H and O–H groups in total. The van der Waals surface area contributed by atoms with Crippen molar-refractivity contribution in [2.45, 2.75) is 38.9 Å². The van der Waals surface area contributed by atoms with Crippen LogP contribution >= 0.6 is 0 Å². The first-order valence-electron chi connectivity index (χ1n) is 4.87. The summed E-state index contributed by atoms with van der Waals surface area (Å²) in [6, 6.07) is -0.905. The van der Waals surface area contributed by atoms with Gasteiger partial charge in [0.15, 0.2) is 0 Å². The minimum Gasteiger partial charge on any atom is -0.353 e. The Bertz CT molecular complexity index is 202. The Morgan fingerprint density at radius 3 is 2.33 bits per heavy atom. The number of rotatable bonds is 5. The van der Waals surface area contributed by atoms with Crippen molar-refractivity contribution in [2.75, 3.05) is 6.54 Å². The van der Waals surface area contributed by atoms with Crippen molar-refractivity contribution < 1.29 is 18.0 Å². The van der Waals surface area contributed by atoms with Crippen molar-refractivity contribution in [1.82, 2.24) is 5.32 Å². The Morgan fingerprint density at radius 1 is 1.47 bits per heavy atom. The second-order valence-electron chi connectivity index (χ2n) is 3.57. The molecule has 2 unspecified atom stereocenters. The molecule has 90 valence electrons. The quantitative estimate of drug-likeness (QED) is 0.745. The van der Waals surface area contributed by atoms with Gasteiger partial charge in [-0.3, -0.25) is 4.79 Å². The van der Waals surface area contributed by atoms with E-state index in [1.54, 1.807) is 6.92 Å². The Kier molecular flexibility index (Phi) is 5.64. The SMILES string of the molecule is CCC(CN)C(=O)NC(C)CC(F)(F)F. The summed E-state index contributed by atoms with van der Waals surface area (Å²) in [6.07, 6.45) is -4.74. The van der Waals surface area contributed by atoms with E-state index in [0.717, 1.165) is 0 Å². The second kappa shape index (κ2) is 5.95. The van der Waals surface area contributed by atoms with Gasteiger partial charge >= 0.3 is 6.18 Å². The van der Waals surface area contributed by atoms with E-state index in [9.17, 15) is 18.0 Å². The lowest BCUT2D eigenvalue weighted by molar-refractivity contribution is -0.142. The molecule has 1 amide bonds. The highest BCUT2D eigenvalue weighted by molar-refractivity contribution is 5.79. The Hall–Kier alpha value is -0.780. The fourth-order valence-electron chi connectivity index (χ4n) is 1.22. The van der Waals surface area contributed by atoms with Crippen LogP contribution < -0.4 is 11.1 Å². The number of amides is 1. The van der Waals surface area contributed by atoms with Gasteiger partial charge in [0.05, 0.1) is 6.42 Å². The number of nitrogens with one attached hydrogen (secondary N) is 1. The van der Waals surface area contributed by atoms with E-state index in [1.807, 2.05) is 0 Å². The molecule has 3 nitrogen and oxygen atoms in total. The summed E-state index contributed by atoms with van der Waals surface area (Å²) < 4.78 is 35.8. The van der Waals surface area contributed by atoms with Gasteiger partial charge in [0.2, 0.25) is 5.91 Å². The molecular formula is C9H17F3N2O. The zero-order valence-corrected chi connectivity index (χ0v) is 8.90. The molecule has 0 saturated carbocycles. The van der Waals surface area contributed by atoms with Gasteiger partial charge in [0.25, 0.3) is 0 Å². The average Bonchev–Trinajstić information content (AvgIpc) is 2.02. The molecule has 2 atom stereocenters. The first-order valence-corrected chi connectivity index (χ1v) is 4.87. The smallest absolute Gasteiger partial charge is 0.353 e. The molecule has 0 aromatic heterocycles. The van der Waals surface area contributed by atoms with Crippen LogP contribution in [0.2, 0.25) is 0 Å². The third kappa shape index (κ3) is 6.33. The molecule has 0 rings (SSSR count). The summed E-state index contributed by atoms with van der Waals surface area (Å²) in [4.78, 5) is 11.3. The lowest BCUT2D eigenvalue weighted by Gasteiger charge is -2.19. The van der Waals surface area contributed by atoms with E-state index < -0.39 is 30.5 Å². The summed E-state index contributed by atoms with van der Waals surface area (Å²) in [5.74, 6) is -0.808. The van der Waals surface area contributed by atoms with Crippen LogP contribution in [-0.4, -0.2) is 24.7 Å². The highest BCUT2D eigenvalue weighted by Crippen LogP contribution is 2.21. The van der Waals surface area contributed by atoms with E-state index in [1.165, 1.54) is 6.92 Å². The predicted molar refractivity (Wildman–Crippen MR) is 51.1 cm³/mol. The van der Waals surface area contributed by atoms with Gasteiger partial charge < -0.3 is 11.1 Å². The van der Waals surface area contributed by atoms with Gasteiger partial charge in [-0.05, 0) is 13.3 Å². The highest BCUT2D eigenvalue weighted by Gasteiger charge is 2.31. The van der Waals surface area contributed by atoms with Crippen LogP contribution in [-0.2, 0) is 4.79 Å². The van der Waals surface area contributed by atoms with Gasteiger partial charge in [0.1, 0.15) is 0 Å². The maximum absolute atomic E-state index is 11.9. The van der Waals surface area contributed by atoms with Crippen molar-refractivity contribution in [3.63, 3.8) is 0 Å². The van der Waals surface area contributed by atoms with Crippen LogP contribution in [0.1, 0.15) is 26.7 Å². The molecule has 0 aliphatic rings. The number of hydrogen-bond donors (Lipinski definition) is 2. The van der Waals surface area contributed by atoms with E-state index >= 15 is 0 Å². The Morgan fingerprint density at radius 2 is 2.00 bits per heavy atom. The second-order valence-corrected chi connectivity index (χ2v) is 3.57. The summed E-state index contributed by atoms with van der Waals surface area (Å²) >= 11 is 0. The third-order valence-corrected chi connectivity index (χ3v) is 2.07. The Labute approximate surface area is 87.2 Å². The molecule has 0 aliphatic heterocycles.